The molecule has 4 aromatic carbocycles. The second-order valence-corrected chi connectivity index (χ2v) is 8.37. The van der Waals surface area contributed by atoms with Gasteiger partial charge in [0.05, 0.1) is 5.41 Å². The molecule has 210 valence electrons. The van der Waals surface area contributed by atoms with Crippen LogP contribution in [0, 0.1) is 0 Å². The first-order chi connectivity index (χ1) is 19.3. The van der Waals surface area contributed by atoms with Gasteiger partial charge >= 0.3 is 0 Å². The molecule has 5 rings (SSSR count). The fourth-order valence-corrected chi connectivity index (χ4v) is 5.28. The lowest BCUT2D eigenvalue weighted by Crippen LogP contribution is -2.28. The van der Waals surface area contributed by atoms with Crippen LogP contribution in [0.25, 0.3) is 11.1 Å². The highest BCUT2D eigenvalue weighted by molar-refractivity contribution is 5.86. The number of nitrogens with zero attached hydrogens (tertiary/aromatic N) is 1. The lowest BCUT2D eigenvalue weighted by molar-refractivity contribution is 0.296. The van der Waals surface area contributed by atoms with Gasteiger partial charge in [-0.25, -0.2) is 0 Å². The Hall–Kier alpha value is -3.16. The monoisotopic (exact) mass is 523 g/mol. The highest BCUT2D eigenvalue weighted by Crippen LogP contribution is 2.55. The van der Waals surface area contributed by atoms with Crippen LogP contribution in [0.2, 0.25) is 0 Å². The van der Waals surface area contributed by atoms with Crippen LogP contribution < -0.4 is 0 Å². The van der Waals surface area contributed by atoms with Gasteiger partial charge in [-0.1, -0.05) is 172 Å². The quantitative estimate of drug-likeness (QED) is 0.214. The van der Waals surface area contributed by atoms with Gasteiger partial charge in [-0.15, -0.1) is 0 Å². The highest BCUT2D eigenvalue weighted by Gasteiger charge is 2.45. The van der Waals surface area contributed by atoms with Crippen molar-refractivity contribution in [1.82, 2.24) is 4.90 Å². The van der Waals surface area contributed by atoms with Gasteiger partial charge in [-0.3, -0.25) is 4.90 Å². The zero-order valence-corrected chi connectivity index (χ0v) is 26.4. The van der Waals surface area contributed by atoms with E-state index >= 15 is 0 Å². The van der Waals surface area contributed by atoms with Crippen molar-refractivity contribution in [3.05, 3.63) is 131 Å². The minimum atomic E-state index is -0.290. The van der Waals surface area contributed by atoms with Crippen LogP contribution in [0.4, 0.5) is 0 Å². The number of benzene rings is 4. The Labute approximate surface area is 240 Å². The lowest BCUT2D eigenvalue weighted by Gasteiger charge is -2.34. The van der Waals surface area contributed by atoms with Crippen LogP contribution in [-0.2, 0) is 12.0 Å². The van der Waals surface area contributed by atoms with E-state index in [9.17, 15) is 0 Å². The molecule has 1 nitrogen and oxygen atoms in total. The third-order valence-electron chi connectivity index (χ3n) is 6.85. The smallest absolute Gasteiger partial charge is 0.0713 e. The molecule has 0 atom stereocenters. The number of hydrogen-bond acceptors (Lipinski definition) is 1. The van der Waals surface area contributed by atoms with Crippen LogP contribution >= 0.6 is 0 Å². The molecule has 0 fully saturated rings. The van der Waals surface area contributed by atoms with E-state index in [0.717, 1.165) is 19.6 Å². The maximum absolute atomic E-state index is 2.46. The average Bonchev–Trinajstić information content (AvgIpc) is 3.36. The lowest BCUT2D eigenvalue weighted by atomic mass is 9.67. The minimum absolute atomic E-state index is 0.290. The Balaban J connectivity index is 0.000000874. The van der Waals surface area contributed by atoms with E-state index in [1.54, 1.807) is 0 Å². The van der Waals surface area contributed by atoms with Crippen molar-refractivity contribution in [2.24, 2.45) is 0 Å². The first kappa shape index (κ1) is 33.9. The van der Waals surface area contributed by atoms with E-state index in [1.165, 1.54) is 38.9 Å². The molecule has 0 saturated carbocycles. The standard InChI is InChI=1S/C30H29N.4C2H6/c1-3-31(4-2)22-23-18-20-25(21-19-23)30(24-12-6-5-7-13-24)28-16-10-8-14-26(28)27-15-9-11-17-29(27)30;4*1-2/h5-21H,3-4,22H2,1-2H3;4*1-2H3. The summed E-state index contributed by atoms with van der Waals surface area (Å²) in [7, 11) is 0. The van der Waals surface area contributed by atoms with E-state index in [-0.39, 0.29) is 5.41 Å². The second kappa shape index (κ2) is 18.2. The summed E-state index contributed by atoms with van der Waals surface area (Å²) in [6.45, 7) is 23.6. The molecule has 0 N–H and O–H groups in total. The molecule has 0 aromatic heterocycles. The maximum atomic E-state index is 2.46. The first-order valence-corrected chi connectivity index (χ1v) is 15.4. The largest absolute Gasteiger partial charge is 0.300 e. The molecule has 1 aliphatic carbocycles. The molecule has 0 unspecified atom stereocenters. The second-order valence-electron chi connectivity index (χ2n) is 8.37. The first-order valence-electron chi connectivity index (χ1n) is 15.4. The summed E-state index contributed by atoms with van der Waals surface area (Å²) in [5.41, 5.74) is 9.17. The zero-order valence-electron chi connectivity index (χ0n) is 26.4. The molecular weight excluding hydrogens is 470 g/mol. The molecule has 0 spiro atoms. The Bertz CT molecular complexity index is 1130. The molecule has 0 aliphatic heterocycles. The van der Waals surface area contributed by atoms with Crippen molar-refractivity contribution >= 4 is 0 Å². The van der Waals surface area contributed by atoms with Gasteiger partial charge in [-0.2, -0.15) is 0 Å². The Kier molecular flexibility index (Phi) is 15.8. The Morgan fingerprint density at radius 2 is 0.846 bits per heavy atom. The molecule has 0 amide bonds. The van der Waals surface area contributed by atoms with Crippen LogP contribution in [0.1, 0.15) is 97.1 Å². The summed E-state index contributed by atoms with van der Waals surface area (Å²) in [4.78, 5) is 2.46. The van der Waals surface area contributed by atoms with Crippen LogP contribution in [0.15, 0.2) is 103 Å². The summed E-state index contributed by atoms with van der Waals surface area (Å²) >= 11 is 0. The molecule has 0 bridgehead atoms. The van der Waals surface area contributed by atoms with Crippen molar-refractivity contribution in [3.8, 4) is 11.1 Å². The summed E-state index contributed by atoms with van der Waals surface area (Å²) in [6, 6.07) is 38.2. The molecule has 0 heterocycles. The fourth-order valence-electron chi connectivity index (χ4n) is 5.28. The normalized spacial score (nSPS) is 11.6. The molecule has 1 aliphatic rings. The topological polar surface area (TPSA) is 3.24 Å². The van der Waals surface area contributed by atoms with Gasteiger partial charge < -0.3 is 0 Å². The molecule has 39 heavy (non-hydrogen) atoms. The summed E-state index contributed by atoms with van der Waals surface area (Å²) < 4.78 is 0. The Morgan fingerprint density at radius 3 is 1.28 bits per heavy atom. The van der Waals surface area contributed by atoms with E-state index in [1.807, 2.05) is 55.4 Å². The van der Waals surface area contributed by atoms with Crippen molar-refractivity contribution in [1.29, 1.82) is 0 Å². The zero-order chi connectivity index (χ0) is 29.3. The van der Waals surface area contributed by atoms with Crippen LogP contribution in [0.3, 0.4) is 0 Å². The van der Waals surface area contributed by atoms with Crippen molar-refractivity contribution in [2.75, 3.05) is 13.1 Å². The average molecular weight is 524 g/mol. The summed E-state index contributed by atoms with van der Waals surface area (Å²) in [5, 5.41) is 0. The van der Waals surface area contributed by atoms with Gasteiger partial charge in [0.25, 0.3) is 0 Å². The summed E-state index contributed by atoms with van der Waals surface area (Å²) in [6.07, 6.45) is 0. The number of hydrogen-bond donors (Lipinski definition) is 0. The third kappa shape index (κ3) is 7.08. The minimum Gasteiger partial charge on any atom is -0.300 e. The number of rotatable bonds is 6. The molecule has 4 aromatic rings. The Morgan fingerprint density at radius 1 is 0.462 bits per heavy atom. The van der Waals surface area contributed by atoms with Gasteiger partial charge in [-0.05, 0) is 52.0 Å². The van der Waals surface area contributed by atoms with E-state index in [2.05, 4.69) is 122 Å². The fraction of sp³-hybridized carbons (Fsp3) is 0.368. The predicted octanol–water partition coefficient (Wildman–Crippen LogP) is 11.0. The van der Waals surface area contributed by atoms with Gasteiger partial charge in [0.1, 0.15) is 0 Å². The van der Waals surface area contributed by atoms with Crippen molar-refractivity contribution in [2.45, 2.75) is 81.2 Å². The maximum Gasteiger partial charge on any atom is 0.0713 e. The van der Waals surface area contributed by atoms with Gasteiger partial charge in [0.15, 0.2) is 0 Å². The van der Waals surface area contributed by atoms with Crippen molar-refractivity contribution in [3.63, 3.8) is 0 Å². The molecule has 0 saturated heterocycles. The third-order valence-corrected chi connectivity index (χ3v) is 6.85. The SMILES string of the molecule is CC.CC.CC.CC.CCN(CC)Cc1ccc(C2(c3ccccc3)c3ccccc3-c3ccccc32)cc1. The van der Waals surface area contributed by atoms with E-state index in [4.69, 9.17) is 0 Å². The van der Waals surface area contributed by atoms with E-state index in [0.29, 0.717) is 0 Å². The van der Waals surface area contributed by atoms with Gasteiger partial charge in [0.2, 0.25) is 0 Å². The summed E-state index contributed by atoms with van der Waals surface area (Å²) in [5.74, 6) is 0. The molecule has 0 radical (unpaired) electrons. The predicted molar refractivity (Wildman–Crippen MR) is 176 cm³/mol. The number of fused-ring (bicyclic) bond motifs is 3. The van der Waals surface area contributed by atoms with Crippen LogP contribution in [0.5, 0.6) is 0 Å². The van der Waals surface area contributed by atoms with Crippen LogP contribution in [-0.4, -0.2) is 18.0 Å². The highest BCUT2D eigenvalue weighted by atomic mass is 15.1. The van der Waals surface area contributed by atoms with Gasteiger partial charge in [0, 0.05) is 6.54 Å². The molecule has 1 heteroatoms. The molecular formula is C38H53N. The van der Waals surface area contributed by atoms with E-state index < -0.39 is 0 Å². The van der Waals surface area contributed by atoms with Crippen molar-refractivity contribution < 1.29 is 0 Å².